The molecule has 0 aliphatic carbocycles. The average Bonchev–Trinajstić information content (AvgIpc) is 2.81. The lowest BCUT2D eigenvalue weighted by Crippen LogP contribution is -2.44. The highest BCUT2D eigenvalue weighted by atomic mass is 32.2. The van der Waals surface area contributed by atoms with E-state index in [1.54, 1.807) is 48.5 Å². The first kappa shape index (κ1) is 26.0. The van der Waals surface area contributed by atoms with Gasteiger partial charge in [-0.05, 0) is 55.8 Å². The predicted octanol–water partition coefficient (Wildman–Crippen LogP) is 4.80. The van der Waals surface area contributed by atoms with Crippen molar-refractivity contribution in [2.24, 2.45) is 5.16 Å². The van der Waals surface area contributed by atoms with Gasteiger partial charge in [0.2, 0.25) is 0 Å². The van der Waals surface area contributed by atoms with Crippen LogP contribution in [0.4, 0.5) is 11.4 Å². The summed E-state index contributed by atoms with van der Waals surface area (Å²) in [5, 5.41) is 10.2. The third kappa shape index (κ3) is 5.90. The van der Waals surface area contributed by atoms with Gasteiger partial charge >= 0.3 is 7.68 Å². The smallest absolute Gasteiger partial charge is 0.342 e. The minimum Gasteiger partial charge on any atom is -0.493 e. The molecule has 11 heteroatoms. The van der Waals surface area contributed by atoms with Crippen molar-refractivity contribution in [3.8, 4) is 5.75 Å². The van der Waals surface area contributed by atoms with Crippen molar-refractivity contribution >= 4 is 35.3 Å². The van der Waals surface area contributed by atoms with E-state index in [9.17, 15) is 17.5 Å². The van der Waals surface area contributed by atoms with E-state index in [0.717, 1.165) is 9.87 Å². The van der Waals surface area contributed by atoms with Crippen LogP contribution in [0, 0.1) is 0 Å². The van der Waals surface area contributed by atoms with Crippen LogP contribution in [0.25, 0.3) is 0 Å². The van der Waals surface area contributed by atoms with Gasteiger partial charge in [-0.2, -0.15) is 0 Å². The normalized spacial score (nSPS) is 11.9. The molecule has 3 N–H and O–H groups in total. The fraction of sp³-hybridized carbons (Fsp3) is 0.208. The standard InChI is InChI=1S/C24H26N3O6PS/c1-24(2,34(29)30)27(35(31,32)23-9-4-3-5-10-23)21-7-6-8-22(16-21)33-14-13-18-11-12-20(25)15-19(18)17-26-28/h3-12,15-17,28H,13-14,25H2,1-2H3. The number of oxime groups is 1. The van der Waals surface area contributed by atoms with Crippen LogP contribution in [-0.4, -0.2) is 31.7 Å². The Balaban J connectivity index is 1.91. The Hall–Kier alpha value is -3.62. The summed E-state index contributed by atoms with van der Waals surface area (Å²) in [6.07, 6.45) is 1.74. The minimum atomic E-state index is -4.21. The van der Waals surface area contributed by atoms with Crippen LogP contribution in [0.15, 0.2) is 82.8 Å². The lowest BCUT2D eigenvalue weighted by Gasteiger charge is -2.34. The van der Waals surface area contributed by atoms with Gasteiger partial charge in [0.15, 0.2) is 5.28 Å². The van der Waals surface area contributed by atoms with E-state index in [0.29, 0.717) is 23.4 Å². The Morgan fingerprint density at radius 1 is 1.06 bits per heavy atom. The summed E-state index contributed by atoms with van der Waals surface area (Å²) >= 11 is 0. The van der Waals surface area contributed by atoms with Crippen molar-refractivity contribution in [3.05, 3.63) is 83.9 Å². The molecule has 0 fully saturated rings. The molecule has 3 rings (SSSR count). The van der Waals surface area contributed by atoms with Crippen molar-refractivity contribution < 1.29 is 27.5 Å². The highest BCUT2D eigenvalue weighted by Crippen LogP contribution is 2.41. The third-order valence-corrected chi connectivity index (χ3v) is 8.53. The third-order valence-electron chi connectivity index (χ3n) is 5.28. The topological polar surface area (TPSA) is 139 Å². The number of hydrogen-bond acceptors (Lipinski definition) is 8. The molecule has 0 bridgehead atoms. The molecule has 0 aromatic heterocycles. The summed E-state index contributed by atoms with van der Waals surface area (Å²) in [4.78, 5) is -0.0299. The number of sulfonamides is 1. The molecule has 0 unspecified atom stereocenters. The molecule has 0 aliphatic heterocycles. The molecule has 0 atom stereocenters. The van der Waals surface area contributed by atoms with Gasteiger partial charge in [0.25, 0.3) is 10.0 Å². The lowest BCUT2D eigenvalue weighted by molar-refractivity contribution is 0.320. The Bertz CT molecular complexity index is 1380. The lowest BCUT2D eigenvalue weighted by atomic mass is 10.0. The van der Waals surface area contributed by atoms with E-state index >= 15 is 0 Å². The Morgan fingerprint density at radius 3 is 2.43 bits per heavy atom. The second-order valence-electron chi connectivity index (χ2n) is 8.13. The molecule has 0 amide bonds. The van der Waals surface area contributed by atoms with Crippen LogP contribution >= 0.6 is 7.68 Å². The Kier molecular flexibility index (Phi) is 7.99. The zero-order valence-corrected chi connectivity index (χ0v) is 20.9. The SMILES string of the molecule is CC(C)(N(c1cccc(OCCc2ccc(N)cc2C=NO)c1)S(=O)(=O)c1ccccc1)P(=O)=O. The molecule has 3 aromatic carbocycles. The van der Waals surface area contributed by atoms with Gasteiger partial charge in [0.1, 0.15) is 5.75 Å². The maximum Gasteiger partial charge on any atom is 0.342 e. The molecule has 9 nitrogen and oxygen atoms in total. The van der Waals surface area contributed by atoms with E-state index < -0.39 is 23.0 Å². The number of nitrogens with two attached hydrogens (primary N) is 1. The fourth-order valence-corrected chi connectivity index (χ4v) is 6.00. The summed E-state index contributed by atoms with van der Waals surface area (Å²) in [5.74, 6) is 0.362. The highest BCUT2D eigenvalue weighted by molar-refractivity contribution is 7.93. The summed E-state index contributed by atoms with van der Waals surface area (Å²) in [6.45, 7) is 2.89. The molecule has 0 saturated carbocycles. The van der Waals surface area contributed by atoms with E-state index in [-0.39, 0.29) is 17.2 Å². The van der Waals surface area contributed by atoms with Crippen molar-refractivity contribution in [1.82, 2.24) is 0 Å². The van der Waals surface area contributed by atoms with Gasteiger partial charge in [-0.1, -0.05) is 35.5 Å². The number of anilines is 2. The minimum absolute atomic E-state index is 0.0299. The molecular formula is C24H26N3O6PS. The van der Waals surface area contributed by atoms with Crippen LogP contribution in [0.5, 0.6) is 5.75 Å². The molecule has 0 saturated heterocycles. The van der Waals surface area contributed by atoms with Crippen molar-refractivity contribution in [2.75, 3.05) is 16.6 Å². The number of nitrogens with zero attached hydrogens (tertiary/aromatic N) is 2. The first-order valence-electron chi connectivity index (χ1n) is 10.6. The Labute approximate surface area is 204 Å². The molecular weight excluding hydrogens is 489 g/mol. The van der Waals surface area contributed by atoms with Crippen molar-refractivity contribution in [2.45, 2.75) is 30.4 Å². The van der Waals surface area contributed by atoms with E-state index in [2.05, 4.69) is 5.16 Å². The maximum atomic E-state index is 13.5. The van der Waals surface area contributed by atoms with Crippen LogP contribution < -0.4 is 14.8 Å². The monoisotopic (exact) mass is 515 g/mol. The number of benzene rings is 3. The summed E-state index contributed by atoms with van der Waals surface area (Å²) in [5.41, 5.74) is 7.94. The quantitative estimate of drug-likeness (QED) is 0.130. The van der Waals surface area contributed by atoms with Gasteiger partial charge in [-0.3, -0.25) is 0 Å². The predicted molar refractivity (Wildman–Crippen MR) is 134 cm³/mol. The largest absolute Gasteiger partial charge is 0.493 e. The first-order chi connectivity index (χ1) is 16.6. The Morgan fingerprint density at radius 2 is 1.77 bits per heavy atom. The number of hydrogen-bond donors (Lipinski definition) is 2. The van der Waals surface area contributed by atoms with Gasteiger partial charge in [0.05, 0.1) is 23.4 Å². The van der Waals surface area contributed by atoms with Crippen LogP contribution in [0.3, 0.4) is 0 Å². The van der Waals surface area contributed by atoms with E-state index in [4.69, 9.17) is 15.7 Å². The molecule has 0 spiro atoms. The molecule has 0 aliphatic rings. The zero-order chi connectivity index (χ0) is 25.6. The van der Waals surface area contributed by atoms with Crippen molar-refractivity contribution in [3.63, 3.8) is 0 Å². The van der Waals surface area contributed by atoms with Crippen LogP contribution in [0.2, 0.25) is 0 Å². The second kappa shape index (κ2) is 10.8. The second-order valence-corrected chi connectivity index (χ2v) is 11.5. The van der Waals surface area contributed by atoms with Gasteiger partial charge < -0.3 is 15.7 Å². The zero-order valence-electron chi connectivity index (χ0n) is 19.2. The van der Waals surface area contributed by atoms with E-state index in [1.807, 2.05) is 0 Å². The van der Waals surface area contributed by atoms with E-state index in [1.165, 1.54) is 44.3 Å². The molecule has 35 heavy (non-hydrogen) atoms. The molecule has 0 radical (unpaired) electrons. The fourth-order valence-electron chi connectivity index (χ4n) is 3.52. The van der Waals surface area contributed by atoms with Crippen LogP contribution in [0.1, 0.15) is 25.0 Å². The summed E-state index contributed by atoms with van der Waals surface area (Å²) < 4.78 is 57.9. The van der Waals surface area contributed by atoms with Crippen molar-refractivity contribution in [1.29, 1.82) is 0 Å². The molecule has 3 aromatic rings. The summed E-state index contributed by atoms with van der Waals surface area (Å²) in [6, 6.07) is 19.1. The number of nitrogen functional groups attached to an aromatic ring is 1. The molecule has 184 valence electrons. The van der Waals surface area contributed by atoms with Gasteiger partial charge in [-0.25, -0.2) is 21.9 Å². The van der Waals surface area contributed by atoms with Crippen LogP contribution in [-0.2, 0) is 25.6 Å². The molecule has 0 heterocycles. The average molecular weight is 516 g/mol. The van der Waals surface area contributed by atoms with Gasteiger partial charge in [0, 0.05) is 23.7 Å². The number of ether oxygens (including phenoxy) is 1. The van der Waals surface area contributed by atoms with Gasteiger partial charge in [-0.15, -0.1) is 0 Å². The number of rotatable bonds is 10. The first-order valence-corrected chi connectivity index (χ1v) is 13.2. The highest BCUT2D eigenvalue weighted by Gasteiger charge is 2.42. The summed E-state index contributed by atoms with van der Waals surface area (Å²) in [7, 11) is -7.37. The maximum absolute atomic E-state index is 13.5.